The SMILES string of the molecule is OC1CCCC1Oc1ccc(-c2ccccc2)cc1Cl. The number of hydrogen-bond acceptors (Lipinski definition) is 2. The summed E-state index contributed by atoms with van der Waals surface area (Å²) in [7, 11) is 0. The van der Waals surface area contributed by atoms with Gasteiger partial charge < -0.3 is 9.84 Å². The first-order valence-corrected chi connectivity index (χ1v) is 7.31. The molecule has 2 aromatic rings. The predicted octanol–water partition coefficient (Wildman–Crippen LogP) is 4.30. The van der Waals surface area contributed by atoms with Gasteiger partial charge in [0.25, 0.3) is 0 Å². The van der Waals surface area contributed by atoms with Crippen molar-refractivity contribution in [2.75, 3.05) is 0 Å². The topological polar surface area (TPSA) is 29.5 Å². The molecule has 0 radical (unpaired) electrons. The van der Waals surface area contributed by atoms with E-state index in [2.05, 4.69) is 0 Å². The van der Waals surface area contributed by atoms with Crippen molar-refractivity contribution in [2.45, 2.75) is 31.5 Å². The molecule has 1 aliphatic rings. The van der Waals surface area contributed by atoms with Crippen molar-refractivity contribution in [3.63, 3.8) is 0 Å². The third-order valence-corrected chi connectivity index (χ3v) is 4.03. The van der Waals surface area contributed by atoms with E-state index in [9.17, 15) is 5.11 Å². The lowest BCUT2D eigenvalue weighted by Gasteiger charge is -2.18. The fourth-order valence-corrected chi connectivity index (χ4v) is 2.84. The van der Waals surface area contributed by atoms with Gasteiger partial charge in [-0.25, -0.2) is 0 Å². The first kappa shape index (κ1) is 13.5. The lowest BCUT2D eigenvalue weighted by Crippen LogP contribution is -2.25. The smallest absolute Gasteiger partial charge is 0.138 e. The number of hydrogen-bond donors (Lipinski definition) is 1. The Balaban J connectivity index is 1.81. The molecule has 0 aliphatic heterocycles. The maximum absolute atomic E-state index is 9.81. The summed E-state index contributed by atoms with van der Waals surface area (Å²) in [5.41, 5.74) is 2.19. The van der Waals surface area contributed by atoms with E-state index in [-0.39, 0.29) is 12.2 Å². The van der Waals surface area contributed by atoms with Crippen LogP contribution in [-0.2, 0) is 0 Å². The highest BCUT2D eigenvalue weighted by atomic mass is 35.5. The second-order valence-electron chi connectivity index (χ2n) is 5.17. The average Bonchev–Trinajstić information content (AvgIpc) is 2.87. The summed E-state index contributed by atoms with van der Waals surface area (Å²) in [6.07, 6.45) is 2.20. The maximum Gasteiger partial charge on any atom is 0.138 e. The lowest BCUT2D eigenvalue weighted by molar-refractivity contribution is 0.0605. The first-order chi connectivity index (χ1) is 9.74. The fraction of sp³-hybridized carbons (Fsp3) is 0.294. The molecule has 0 spiro atoms. The lowest BCUT2D eigenvalue weighted by atomic mass is 10.1. The van der Waals surface area contributed by atoms with Gasteiger partial charge in [-0.2, -0.15) is 0 Å². The molecule has 2 nitrogen and oxygen atoms in total. The van der Waals surface area contributed by atoms with Crippen LogP contribution in [0.25, 0.3) is 11.1 Å². The van der Waals surface area contributed by atoms with Gasteiger partial charge in [-0.05, 0) is 42.5 Å². The standard InChI is InChI=1S/C17H17ClO2/c18-14-11-13(12-5-2-1-3-6-12)9-10-16(14)20-17-8-4-7-15(17)19/h1-3,5-6,9-11,15,17,19H,4,7-8H2. The van der Waals surface area contributed by atoms with Crippen molar-refractivity contribution in [3.8, 4) is 16.9 Å². The normalized spacial score (nSPS) is 21.9. The largest absolute Gasteiger partial charge is 0.486 e. The number of benzene rings is 2. The van der Waals surface area contributed by atoms with E-state index < -0.39 is 0 Å². The van der Waals surface area contributed by atoms with Gasteiger partial charge in [0.2, 0.25) is 0 Å². The van der Waals surface area contributed by atoms with E-state index in [1.165, 1.54) is 0 Å². The summed E-state index contributed by atoms with van der Waals surface area (Å²) in [6.45, 7) is 0. The minimum atomic E-state index is -0.375. The summed E-state index contributed by atoms with van der Waals surface area (Å²) in [5.74, 6) is 0.650. The molecule has 1 N–H and O–H groups in total. The summed E-state index contributed by atoms with van der Waals surface area (Å²) in [5, 5.41) is 10.4. The molecule has 3 rings (SSSR count). The van der Waals surface area contributed by atoms with E-state index in [1.54, 1.807) is 0 Å². The van der Waals surface area contributed by atoms with Crippen molar-refractivity contribution in [2.24, 2.45) is 0 Å². The van der Waals surface area contributed by atoms with Crippen LogP contribution < -0.4 is 4.74 Å². The highest BCUT2D eigenvalue weighted by Gasteiger charge is 2.27. The van der Waals surface area contributed by atoms with Crippen LogP contribution in [-0.4, -0.2) is 17.3 Å². The highest BCUT2D eigenvalue weighted by molar-refractivity contribution is 6.32. The van der Waals surface area contributed by atoms with Crippen molar-refractivity contribution in [1.82, 2.24) is 0 Å². The third-order valence-electron chi connectivity index (χ3n) is 3.74. The second kappa shape index (κ2) is 5.86. The van der Waals surface area contributed by atoms with E-state index in [0.29, 0.717) is 10.8 Å². The summed E-state index contributed by atoms with van der Waals surface area (Å²) < 4.78 is 5.83. The Morgan fingerprint density at radius 1 is 1.00 bits per heavy atom. The van der Waals surface area contributed by atoms with Gasteiger partial charge in [0.15, 0.2) is 0 Å². The summed E-state index contributed by atoms with van der Waals surface area (Å²) in [6, 6.07) is 15.9. The van der Waals surface area contributed by atoms with Crippen LogP contribution in [0.15, 0.2) is 48.5 Å². The molecule has 2 unspecified atom stereocenters. The molecule has 3 heteroatoms. The van der Waals surface area contributed by atoms with Crippen molar-refractivity contribution in [1.29, 1.82) is 0 Å². The molecule has 2 atom stereocenters. The fourth-order valence-electron chi connectivity index (χ4n) is 2.61. The van der Waals surface area contributed by atoms with E-state index in [1.807, 2.05) is 48.5 Å². The van der Waals surface area contributed by atoms with E-state index in [4.69, 9.17) is 16.3 Å². The van der Waals surface area contributed by atoms with Crippen LogP contribution in [0.4, 0.5) is 0 Å². The molecule has 0 heterocycles. The summed E-state index contributed by atoms with van der Waals surface area (Å²) >= 11 is 6.30. The molecule has 0 aromatic heterocycles. The Morgan fingerprint density at radius 3 is 2.45 bits per heavy atom. The molecule has 1 saturated carbocycles. The maximum atomic E-state index is 9.81. The van der Waals surface area contributed by atoms with Crippen LogP contribution in [0.2, 0.25) is 5.02 Å². The van der Waals surface area contributed by atoms with Crippen molar-refractivity contribution < 1.29 is 9.84 Å². The predicted molar refractivity (Wildman–Crippen MR) is 81.2 cm³/mol. The van der Waals surface area contributed by atoms with Gasteiger partial charge in [0.05, 0.1) is 11.1 Å². The first-order valence-electron chi connectivity index (χ1n) is 6.94. The second-order valence-corrected chi connectivity index (χ2v) is 5.57. The van der Waals surface area contributed by atoms with E-state index >= 15 is 0 Å². The Bertz CT molecular complexity index is 583. The van der Waals surface area contributed by atoms with Gasteiger partial charge in [0.1, 0.15) is 11.9 Å². The van der Waals surface area contributed by atoms with Crippen LogP contribution in [0.3, 0.4) is 0 Å². The van der Waals surface area contributed by atoms with Crippen molar-refractivity contribution >= 4 is 11.6 Å². The number of aliphatic hydroxyl groups excluding tert-OH is 1. The van der Waals surface area contributed by atoms with Crippen LogP contribution in [0.1, 0.15) is 19.3 Å². The van der Waals surface area contributed by atoms with Crippen LogP contribution in [0, 0.1) is 0 Å². The average molecular weight is 289 g/mol. The van der Waals surface area contributed by atoms with Gasteiger partial charge >= 0.3 is 0 Å². The van der Waals surface area contributed by atoms with Crippen LogP contribution in [0.5, 0.6) is 5.75 Å². The minimum Gasteiger partial charge on any atom is -0.486 e. The van der Waals surface area contributed by atoms with Gasteiger partial charge in [-0.1, -0.05) is 48.0 Å². The molecule has 0 amide bonds. The number of ether oxygens (including phenoxy) is 1. The molecule has 2 aromatic carbocycles. The molecule has 0 bridgehead atoms. The number of aliphatic hydroxyl groups is 1. The third kappa shape index (κ3) is 2.82. The zero-order valence-corrected chi connectivity index (χ0v) is 11.9. The summed E-state index contributed by atoms with van der Waals surface area (Å²) in [4.78, 5) is 0. The Hall–Kier alpha value is -1.51. The quantitative estimate of drug-likeness (QED) is 0.912. The Morgan fingerprint density at radius 2 is 1.80 bits per heavy atom. The highest BCUT2D eigenvalue weighted by Crippen LogP contribution is 2.33. The van der Waals surface area contributed by atoms with Gasteiger partial charge in [0, 0.05) is 0 Å². The molecule has 0 saturated heterocycles. The Kier molecular flexibility index (Phi) is 3.95. The molecule has 20 heavy (non-hydrogen) atoms. The molecular weight excluding hydrogens is 272 g/mol. The van der Waals surface area contributed by atoms with Crippen LogP contribution >= 0.6 is 11.6 Å². The monoisotopic (exact) mass is 288 g/mol. The zero-order valence-electron chi connectivity index (χ0n) is 11.1. The number of rotatable bonds is 3. The molecule has 1 fully saturated rings. The molecular formula is C17H17ClO2. The molecule has 1 aliphatic carbocycles. The zero-order chi connectivity index (χ0) is 13.9. The van der Waals surface area contributed by atoms with E-state index in [0.717, 1.165) is 30.4 Å². The van der Waals surface area contributed by atoms with Gasteiger partial charge in [-0.15, -0.1) is 0 Å². The van der Waals surface area contributed by atoms with Crippen molar-refractivity contribution in [3.05, 3.63) is 53.6 Å². The Labute approximate surface area is 124 Å². The van der Waals surface area contributed by atoms with Gasteiger partial charge in [-0.3, -0.25) is 0 Å². The molecule has 104 valence electrons. The minimum absolute atomic E-state index is 0.130. The number of halogens is 1.